The maximum Gasteiger partial charge on any atom is 0.338 e. The van der Waals surface area contributed by atoms with Gasteiger partial charge in [0.1, 0.15) is 5.75 Å². The molecule has 1 N–H and O–H groups in total. The van der Waals surface area contributed by atoms with Gasteiger partial charge in [0.15, 0.2) is 0 Å². The first-order valence-corrected chi connectivity index (χ1v) is 4.65. The lowest BCUT2D eigenvalue weighted by Crippen LogP contribution is -2.05. The van der Waals surface area contributed by atoms with Gasteiger partial charge in [-0.05, 0) is 42.5 Å². The molecule has 3 heteroatoms. The van der Waals surface area contributed by atoms with Gasteiger partial charge < -0.3 is 9.84 Å². The van der Waals surface area contributed by atoms with E-state index >= 15 is 0 Å². The minimum Gasteiger partial charge on any atom is -0.508 e. The van der Waals surface area contributed by atoms with Crippen LogP contribution in [0.2, 0.25) is 0 Å². The summed E-state index contributed by atoms with van der Waals surface area (Å²) in [6, 6.07) is 3.21. The summed E-state index contributed by atoms with van der Waals surface area (Å²) in [6.45, 7) is 0. The fourth-order valence-electron chi connectivity index (χ4n) is 1.98. The second-order valence-corrected chi connectivity index (χ2v) is 3.48. The molecule has 0 radical (unpaired) electrons. The van der Waals surface area contributed by atoms with E-state index in [1.165, 1.54) is 13.2 Å². The van der Waals surface area contributed by atoms with Crippen LogP contribution in [-0.2, 0) is 17.6 Å². The Bertz CT molecular complexity index is 382. The number of hydrogen-bond acceptors (Lipinski definition) is 3. The standard InChI is InChI=1S/C11H12O3/c1-14-11(13)10-6-8(12)5-7-3-2-4-9(7)10/h5-6,12H,2-4H2,1H3. The maximum atomic E-state index is 11.4. The molecule has 0 aliphatic heterocycles. The van der Waals surface area contributed by atoms with Crippen LogP contribution < -0.4 is 0 Å². The normalized spacial score (nSPS) is 13.8. The summed E-state index contributed by atoms with van der Waals surface area (Å²) in [5, 5.41) is 9.41. The molecular formula is C11H12O3. The molecule has 0 unspecified atom stereocenters. The van der Waals surface area contributed by atoms with Gasteiger partial charge in [-0.1, -0.05) is 0 Å². The van der Waals surface area contributed by atoms with E-state index in [0.717, 1.165) is 30.4 Å². The quantitative estimate of drug-likeness (QED) is 0.688. The first kappa shape index (κ1) is 9.06. The predicted octanol–water partition coefficient (Wildman–Crippen LogP) is 1.67. The second-order valence-electron chi connectivity index (χ2n) is 3.48. The van der Waals surface area contributed by atoms with Crippen molar-refractivity contribution in [1.82, 2.24) is 0 Å². The summed E-state index contributed by atoms with van der Waals surface area (Å²) < 4.78 is 4.67. The van der Waals surface area contributed by atoms with Gasteiger partial charge in [-0.2, -0.15) is 0 Å². The van der Waals surface area contributed by atoms with E-state index in [2.05, 4.69) is 4.74 Å². The summed E-state index contributed by atoms with van der Waals surface area (Å²) in [5.74, 6) is -0.217. The number of aromatic hydroxyl groups is 1. The van der Waals surface area contributed by atoms with Gasteiger partial charge in [0.05, 0.1) is 12.7 Å². The van der Waals surface area contributed by atoms with Crippen LogP contribution in [0.4, 0.5) is 0 Å². The minimum atomic E-state index is -0.362. The third kappa shape index (κ3) is 1.35. The Morgan fingerprint density at radius 2 is 2.21 bits per heavy atom. The number of rotatable bonds is 1. The smallest absolute Gasteiger partial charge is 0.338 e. The lowest BCUT2D eigenvalue weighted by atomic mass is 10.0. The lowest BCUT2D eigenvalue weighted by Gasteiger charge is -2.07. The number of hydrogen-bond donors (Lipinski definition) is 1. The fourth-order valence-corrected chi connectivity index (χ4v) is 1.98. The van der Waals surface area contributed by atoms with E-state index in [-0.39, 0.29) is 11.7 Å². The number of carbonyl (C=O) groups is 1. The average molecular weight is 192 g/mol. The van der Waals surface area contributed by atoms with Gasteiger partial charge in [0.2, 0.25) is 0 Å². The van der Waals surface area contributed by atoms with Crippen molar-refractivity contribution in [3.05, 3.63) is 28.8 Å². The highest BCUT2D eigenvalue weighted by molar-refractivity contribution is 5.92. The Hall–Kier alpha value is -1.51. The molecule has 2 rings (SSSR count). The highest BCUT2D eigenvalue weighted by atomic mass is 16.5. The SMILES string of the molecule is COC(=O)c1cc(O)cc2c1CCC2. The van der Waals surface area contributed by atoms with Crippen molar-refractivity contribution < 1.29 is 14.6 Å². The van der Waals surface area contributed by atoms with Crippen molar-refractivity contribution in [2.24, 2.45) is 0 Å². The van der Waals surface area contributed by atoms with E-state index in [1.54, 1.807) is 6.07 Å². The van der Waals surface area contributed by atoms with Crippen molar-refractivity contribution >= 4 is 5.97 Å². The molecule has 0 aromatic heterocycles. The minimum absolute atomic E-state index is 0.144. The van der Waals surface area contributed by atoms with Gasteiger partial charge in [0.25, 0.3) is 0 Å². The molecule has 0 bridgehead atoms. The molecule has 0 saturated carbocycles. The van der Waals surface area contributed by atoms with Crippen LogP contribution >= 0.6 is 0 Å². The van der Waals surface area contributed by atoms with Crippen molar-refractivity contribution in [2.45, 2.75) is 19.3 Å². The van der Waals surface area contributed by atoms with Crippen molar-refractivity contribution in [3.63, 3.8) is 0 Å². The maximum absolute atomic E-state index is 11.4. The van der Waals surface area contributed by atoms with Crippen LogP contribution in [0.15, 0.2) is 12.1 Å². The summed E-state index contributed by atoms with van der Waals surface area (Å²) in [7, 11) is 1.35. The highest BCUT2D eigenvalue weighted by Gasteiger charge is 2.20. The highest BCUT2D eigenvalue weighted by Crippen LogP contribution is 2.29. The van der Waals surface area contributed by atoms with Crippen LogP contribution in [0.5, 0.6) is 5.75 Å². The molecule has 1 aromatic rings. The number of carbonyl (C=O) groups excluding carboxylic acids is 1. The number of esters is 1. The molecule has 0 saturated heterocycles. The Morgan fingerprint density at radius 1 is 1.43 bits per heavy atom. The molecular weight excluding hydrogens is 180 g/mol. The molecule has 0 fully saturated rings. The first-order chi connectivity index (χ1) is 6.72. The lowest BCUT2D eigenvalue weighted by molar-refractivity contribution is 0.0599. The van der Waals surface area contributed by atoms with Crippen LogP contribution in [0.1, 0.15) is 27.9 Å². The van der Waals surface area contributed by atoms with Crippen molar-refractivity contribution in [1.29, 1.82) is 0 Å². The van der Waals surface area contributed by atoms with E-state index < -0.39 is 0 Å². The Labute approximate surface area is 82.3 Å². The van der Waals surface area contributed by atoms with Crippen molar-refractivity contribution in [3.8, 4) is 5.75 Å². The summed E-state index contributed by atoms with van der Waals surface area (Å²) in [5.41, 5.74) is 2.63. The predicted molar refractivity (Wildman–Crippen MR) is 51.5 cm³/mol. The Kier molecular flexibility index (Phi) is 2.15. The van der Waals surface area contributed by atoms with Gasteiger partial charge in [-0.25, -0.2) is 4.79 Å². The van der Waals surface area contributed by atoms with E-state index in [9.17, 15) is 9.90 Å². The first-order valence-electron chi connectivity index (χ1n) is 4.65. The van der Waals surface area contributed by atoms with Gasteiger partial charge in [-0.3, -0.25) is 0 Å². The summed E-state index contributed by atoms with van der Waals surface area (Å²) in [6.07, 6.45) is 2.89. The summed E-state index contributed by atoms with van der Waals surface area (Å²) in [4.78, 5) is 11.4. The number of methoxy groups -OCH3 is 1. The topological polar surface area (TPSA) is 46.5 Å². The van der Waals surface area contributed by atoms with Gasteiger partial charge in [-0.15, -0.1) is 0 Å². The van der Waals surface area contributed by atoms with E-state index in [1.807, 2.05) is 0 Å². The molecule has 0 heterocycles. The molecule has 1 aromatic carbocycles. The zero-order chi connectivity index (χ0) is 10.1. The van der Waals surface area contributed by atoms with E-state index in [0.29, 0.717) is 5.56 Å². The van der Waals surface area contributed by atoms with E-state index in [4.69, 9.17) is 0 Å². The number of phenolic OH excluding ortho intramolecular Hbond substituents is 1. The Morgan fingerprint density at radius 3 is 2.93 bits per heavy atom. The van der Waals surface area contributed by atoms with Crippen molar-refractivity contribution in [2.75, 3.05) is 7.11 Å². The number of ether oxygens (including phenoxy) is 1. The fraction of sp³-hybridized carbons (Fsp3) is 0.364. The second kappa shape index (κ2) is 3.33. The molecule has 14 heavy (non-hydrogen) atoms. The molecule has 0 amide bonds. The van der Waals surface area contributed by atoms with Crippen LogP contribution in [-0.4, -0.2) is 18.2 Å². The van der Waals surface area contributed by atoms with Gasteiger partial charge in [0, 0.05) is 0 Å². The zero-order valence-electron chi connectivity index (χ0n) is 8.04. The third-order valence-electron chi connectivity index (χ3n) is 2.61. The summed E-state index contributed by atoms with van der Waals surface area (Å²) >= 11 is 0. The molecule has 74 valence electrons. The molecule has 1 aliphatic rings. The number of aryl methyl sites for hydroxylation is 1. The number of phenols is 1. The third-order valence-corrected chi connectivity index (χ3v) is 2.61. The Balaban J connectivity index is 2.54. The monoisotopic (exact) mass is 192 g/mol. The number of fused-ring (bicyclic) bond motifs is 1. The number of benzene rings is 1. The van der Waals surface area contributed by atoms with Crippen LogP contribution in [0.3, 0.4) is 0 Å². The molecule has 3 nitrogen and oxygen atoms in total. The molecule has 0 atom stereocenters. The zero-order valence-corrected chi connectivity index (χ0v) is 8.04. The molecule has 0 spiro atoms. The van der Waals surface area contributed by atoms with Crippen LogP contribution in [0.25, 0.3) is 0 Å². The van der Waals surface area contributed by atoms with Crippen LogP contribution in [0, 0.1) is 0 Å². The van der Waals surface area contributed by atoms with Gasteiger partial charge >= 0.3 is 5.97 Å². The molecule has 1 aliphatic carbocycles. The largest absolute Gasteiger partial charge is 0.508 e. The average Bonchev–Trinajstić information content (AvgIpc) is 2.62.